The molecule has 0 spiro atoms. The van der Waals surface area contributed by atoms with Gasteiger partial charge in [-0.2, -0.15) is 0 Å². The maximum Gasteiger partial charge on any atom is 0.229 e. The van der Waals surface area contributed by atoms with Gasteiger partial charge in [-0.3, -0.25) is 4.79 Å². The molecule has 4 heteroatoms. The molecule has 28 heavy (non-hydrogen) atoms. The van der Waals surface area contributed by atoms with E-state index in [2.05, 4.69) is 51.7 Å². The summed E-state index contributed by atoms with van der Waals surface area (Å²) in [6.07, 6.45) is 11.8. The average Bonchev–Trinajstić information content (AvgIpc) is 3.45. The fourth-order valence-corrected chi connectivity index (χ4v) is 6.37. The van der Waals surface area contributed by atoms with Crippen molar-refractivity contribution in [2.45, 2.75) is 57.9 Å². The summed E-state index contributed by atoms with van der Waals surface area (Å²) < 4.78 is 2.29. The zero-order chi connectivity index (χ0) is 19.1. The highest BCUT2D eigenvalue weighted by atomic mass is 16.2. The number of carbonyl (C=O) groups is 1. The van der Waals surface area contributed by atoms with E-state index in [1.165, 1.54) is 30.5 Å². The third-order valence-electron chi connectivity index (χ3n) is 7.77. The van der Waals surface area contributed by atoms with Crippen molar-refractivity contribution in [1.29, 1.82) is 0 Å². The van der Waals surface area contributed by atoms with Gasteiger partial charge in [0.25, 0.3) is 0 Å². The smallest absolute Gasteiger partial charge is 0.229 e. The summed E-state index contributed by atoms with van der Waals surface area (Å²) in [4.78, 5) is 20.4. The van der Waals surface area contributed by atoms with Gasteiger partial charge in [-0.1, -0.05) is 36.8 Å². The minimum atomic E-state index is -0.151. The molecule has 2 heterocycles. The molecule has 3 aliphatic rings. The summed E-state index contributed by atoms with van der Waals surface area (Å²) in [6, 6.07) is 11.2. The van der Waals surface area contributed by atoms with Crippen LogP contribution in [0.5, 0.6) is 0 Å². The lowest BCUT2D eigenvalue weighted by atomic mass is 9.68. The van der Waals surface area contributed by atoms with Gasteiger partial charge in [-0.05, 0) is 62.8 Å². The Kier molecular flexibility index (Phi) is 4.53. The van der Waals surface area contributed by atoms with Gasteiger partial charge in [-0.15, -0.1) is 0 Å². The molecule has 148 valence electrons. The summed E-state index contributed by atoms with van der Waals surface area (Å²) in [5.41, 5.74) is 2.40. The van der Waals surface area contributed by atoms with Crippen LogP contribution in [-0.2, 0) is 11.2 Å². The van der Waals surface area contributed by atoms with E-state index in [4.69, 9.17) is 0 Å². The molecule has 0 N–H and O–H groups in total. The van der Waals surface area contributed by atoms with Crippen LogP contribution >= 0.6 is 0 Å². The van der Waals surface area contributed by atoms with E-state index < -0.39 is 0 Å². The molecule has 1 aromatic heterocycles. The number of hydrogen-bond donors (Lipinski definition) is 0. The maximum absolute atomic E-state index is 13.9. The lowest BCUT2D eigenvalue weighted by Gasteiger charge is -2.43. The van der Waals surface area contributed by atoms with Crippen molar-refractivity contribution in [2.24, 2.45) is 17.3 Å². The van der Waals surface area contributed by atoms with Crippen molar-refractivity contribution < 1.29 is 4.79 Å². The van der Waals surface area contributed by atoms with Gasteiger partial charge in [0.15, 0.2) is 0 Å². The minimum absolute atomic E-state index is 0.151. The zero-order valence-corrected chi connectivity index (χ0v) is 16.9. The van der Waals surface area contributed by atoms with Crippen LogP contribution in [0.15, 0.2) is 42.9 Å². The molecule has 1 aromatic carbocycles. The fourth-order valence-electron chi connectivity index (χ4n) is 6.37. The molecule has 2 aromatic rings. The van der Waals surface area contributed by atoms with E-state index in [0.717, 1.165) is 44.7 Å². The molecule has 1 amide bonds. The minimum Gasteiger partial charge on any atom is -0.342 e. The SMILES string of the molecule is Cc1cncn1C1CCN(C(=O)[C@@]2(Cc3ccccc3)C[C@H]3CC[C@H]2C3)CC1. The Bertz CT molecular complexity index is 837. The van der Waals surface area contributed by atoms with Crippen LogP contribution in [0.25, 0.3) is 0 Å². The Hall–Kier alpha value is -2.10. The first-order chi connectivity index (χ1) is 13.7. The summed E-state index contributed by atoms with van der Waals surface area (Å²) >= 11 is 0. The number of benzene rings is 1. The Morgan fingerprint density at radius 1 is 1.14 bits per heavy atom. The van der Waals surface area contributed by atoms with Crippen LogP contribution in [0.3, 0.4) is 0 Å². The molecule has 2 aliphatic carbocycles. The summed E-state index contributed by atoms with van der Waals surface area (Å²) in [5.74, 6) is 1.80. The van der Waals surface area contributed by atoms with Gasteiger partial charge in [0.1, 0.15) is 0 Å². The molecule has 4 nitrogen and oxygen atoms in total. The van der Waals surface area contributed by atoms with E-state index in [1.54, 1.807) is 0 Å². The second kappa shape index (κ2) is 7.06. The number of rotatable bonds is 4. The van der Waals surface area contributed by atoms with Gasteiger partial charge < -0.3 is 9.47 Å². The molecule has 2 saturated carbocycles. The third-order valence-corrected chi connectivity index (χ3v) is 7.77. The van der Waals surface area contributed by atoms with E-state index in [0.29, 0.717) is 17.9 Å². The maximum atomic E-state index is 13.9. The first kappa shape index (κ1) is 18.0. The van der Waals surface area contributed by atoms with E-state index in [1.807, 2.05) is 12.5 Å². The van der Waals surface area contributed by atoms with Crippen molar-refractivity contribution in [3.05, 3.63) is 54.1 Å². The average molecular weight is 378 g/mol. The largest absolute Gasteiger partial charge is 0.342 e. The van der Waals surface area contributed by atoms with Crippen LogP contribution in [0.4, 0.5) is 0 Å². The molecule has 2 bridgehead atoms. The van der Waals surface area contributed by atoms with E-state index in [-0.39, 0.29) is 5.41 Å². The number of piperidine rings is 1. The highest BCUT2D eigenvalue weighted by molar-refractivity contribution is 5.84. The number of hydrogen-bond acceptors (Lipinski definition) is 2. The van der Waals surface area contributed by atoms with Crippen molar-refractivity contribution in [3.63, 3.8) is 0 Å². The molecule has 3 fully saturated rings. The Morgan fingerprint density at radius 3 is 2.54 bits per heavy atom. The first-order valence-corrected chi connectivity index (χ1v) is 11.0. The topological polar surface area (TPSA) is 38.1 Å². The van der Waals surface area contributed by atoms with E-state index in [9.17, 15) is 4.79 Å². The number of imidazole rings is 1. The Labute approximate surface area is 168 Å². The van der Waals surface area contributed by atoms with Gasteiger partial charge in [0.2, 0.25) is 5.91 Å². The molecule has 0 unspecified atom stereocenters. The summed E-state index contributed by atoms with van der Waals surface area (Å²) in [7, 11) is 0. The normalized spacial score (nSPS) is 30.1. The number of aryl methyl sites for hydroxylation is 1. The zero-order valence-electron chi connectivity index (χ0n) is 16.9. The molecule has 3 atom stereocenters. The van der Waals surface area contributed by atoms with Crippen molar-refractivity contribution in [1.82, 2.24) is 14.5 Å². The van der Waals surface area contributed by atoms with Crippen LogP contribution in [-0.4, -0.2) is 33.4 Å². The number of fused-ring (bicyclic) bond motifs is 2. The lowest BCUT2D eigenvalue weighted by molar-refractivity contribution is -0.147. The van der Waals surface area contributed by atoms with Crippen LogP contribution in [0.1, 0.15) is 55.8 Å². The Balaban J connectivity index is 1.34. The molecule has 0 radical (unpaired) electrons. The molecule has 1 saturated heterocycles. The van der Waals surface area contributed by atoms with Gasteiger partial charge in [0.05, 0.1) is 11.7 Å². The number of nitrogens with zero attached hydrogens (tertiary/aromatic N) is 3. The number of amides is 1. The number of carbonyl (C=O) groups excluding carboxylic acids is 1. The van der Waals surface area contributed by atoms with Crippen molar-refractivity contribution in [2.75, 3.05) is 13.1 Å². The lowest BCUT2D eigenvalue weighted by Crippen LogP contribution is -2.50. The molecule has 1 aliphatic heterocycles. The van der Waals surface area contributed by atoms with Gasteiger partial charge in [-0.25, -0.2) is 4.98 Å². The third kappa shape index (κ3) is 2.98. The predicted molar refractivity (Wildman–Crippen MR) is 110 cm³/mol. The standard InChI is InChI=1S/C24H31N3O/c1-18-16-25-17-27(18)22-9-11-26(12-10-22)23(28)24(14-19-5-3-2-4-6-19)15-20-7-8-21(24)13-20/h2-6,16-17,20-22H,7-15H2,1H3/t20-,21-,24-/m0/s1. The first-order valence-electron chi connectivity index (χ1n) is 11.0. The highest BCUT2D eigenvalue weighted by Gasteiger charge is 2.56. The summed E-state index contributed by atoms with van der Waals surface area (Å²) in [5, 5.41) is 0. The van der Waals surface area contributed by atoms with Crippen LogP contribution in [0, 0.1) is 24.2 Å². The predicted octanol–water partition coefficient (Wildman–Crippen LogP) is 4.40. The van der Waals surface area contributed by atoms with Crippen LogP contribution < -0.4 is 0 Å². The second-order valence-corrected chi connectivity index (χ2v) is 9.36. The van der Waals surface area contributed by atoms with E-state index >= 15 is 0 Å². The molecular formula is C24H31N3O. The number of likely N-dealkylation sites (tertiary alicyclic amines) is 1. The number of aromatic nitrogens is 2. The van der Waals surface area contributed by atoms with Gasteiger partial charge >= 0.3 is 0 Å². The van der Waals surface area contributed by atoms with Crippen molar-refractivity contribution >= 4 is 5.91 Å². The fraction of sp³-hybridized carbons (Fsp3) is 0.583. The highest BCUT2D eigenvalue weighted by Crippen LogP contribution is 2.58. The second-order valence-electron chi connectivity index (χ2n) is 9.36. The Morgan fingerprint density at radius 2 is 1.93 bits per heavy atom. The monoisotopic (exact) mass is 377 g/mol. The van der Waals surface area contributed by atoms with Gasteiger partial charge in [0, 0.05) is 31.0 Å². The molecular weight excluding hydrogens is 346 g/mol. The molecule has 5 rings (SSSR count). The summed E-state index contributed by atoms with van der Waals surface area (Å²) in [6.45, 7) is 3.89. The van der Waals surface area contributed by atoms with Crippen molar-refractivity contribution in [3.8, 4) is 0 Å². The van der Waals surface area contributed by atoms with Crippen LogP contribution in [0.2, 0.25) is 0 Å². The quantitative estimate of drug-likeness (QED) is 0.792.